The summed E-state index contributed by atoms with van der Waals surface area (Å²) in [5.41, 5.74) is 0.176. The van der Waals surface area contributed by atoms with Crippen LogP contribution in [0.25, 0.3) is 0 Å². The molecule has 36 valence electrons. The van der Waals surface area contributed by atoms with Crippen LogP contribution in [0.4, 0.5) is 0 Å². The van der Waals surface area contributed by atoms with E-state index < -0.39 is 0 Å². The van der Waals surface area contributed by atoms with Crippen molar-refractivity contribution in [1.29, 1.82) is 0 Å². The summed E-state index contributed by atoms with van der Waals surface area (Å²) in [6.07, 6.45) is 0. The van der Waals surface area contributed by atoms with Gasteiger partial charge in [-0.05, 0) is 0 Å². The quantitative estimate of drug-likeness (QED) is 0.454. The van der Waals surface area contributed by atoms with Crippen LogP contribution >= 0.6 is 9.24 Å². The molecule has 1 unspecified atom stereocenters. The van der Waals surface area contributed by atoms with Gasteiger partial charge in [-0.25, -0.2) is 0 Å². The topological polar surface area (TPSA) is 17.1 Å². The number of carbonyl (C=O) groups excluding carboxylic acids is 1. The van der Waals surface area contributed by atoms with Gasteiger partial charge in [-0.2, -0.15) is 0 Å². The lowest BCUT2D eigenvalue weighted by atomic mass is 10.3. The van der Waals surface area contributed by atoms with Gasteiger partial charge in [-0.15, -0.1) is 0 Å². The van der Waals surface area contributed by atoms with E-state index in [0.29, 0.717) is 0 Å². The van der Waals surface area contributed by atoms with Crippen molar-refractivity contribution in [2.75, 3.05) is 0 Å². The molecule has 0 aromatic carbocycles. The fourth-order valence-electron chi connectivity index (χ4n) is 0. The fraction of sp³-hybridized carbons (Fsp3) is 0.750. The van der Waals surface area contributed by atoms with Gasteiger partial charge in [0.05, 0.1) is 0 Å². The van der Waals surface area contributed by atoms with Crippen LogP contribution < -0.4 is 0 Å². The Hall–Kier alpha value is 0.100. The summed E-state index contributed by atoms with van der Waals surface area (Å²) in [5.74, 6) is 0.176. The minimum Gasteiger partial charge on any atom is -0.295 e. The van der Waals surface area contributed by atoms with E-state index in [2.05, 4.69) is 9.24 Å². The van der Waals surface area contributed by atoms with Gasteiger partial charge in [0.25, 0.3) is 0 Å². The standard InChI is InChI=1S/C4H9OP/c1-3(2)4(5)6/h3H,6H2,1-2H3. The summed E-state index contributed by atoms with van der Waals surface area (Å²) in [7, 11) is 2.13. The second kappa shape index (κ2) is 2.30. The van der Waals surface area contributed by atoms with Crippen molar-refractivity contribution in [2.45, 2.75) is 13.8 Å². The molecule has 0 rings (SSSR count). The molecule has 0 aromatic rings. The molecular weight excluding hydrogens is 95.0 g/mol. The Labute approximate surface area is 40.3 Å². The van der Waals surface area contributed by atoms with E-state index in [0.717, 1.165) is 0 Å². The van der Waals surface area contributed by atoms with E-state index in [4.69, 9.17) is 0 Å². The van der Waals surface area contributed by atoms with Crippen molar-refractivity contribution in [3.05, 3.63) is 0 Å². The van der Waals surface area contributed by atoms with Crippen LogP contribution in [0.1, 0.15) is 13.8 Å². The molecule has 0 aromatic heterocycles. The van der Waals surface area contributed by atoms with E-state index in [-0.39, 0.29) is 11.4 Å². The molecule has 0 heterocycles. The highest BCUT2D eigenvalue weighted by atomic mass is 31.0. The molecule has 0 aliphatic rings. The summed E-state index contributed by atoms with van der Waals surface area (Å²) in [4.78, 5) is 10.1. The van der Waals surface area contributed by atoms with Gasteiger partial charge in [0, 0.05) is 5.92 Å². The maximum atomic E-state index is 10.1. The maximum absolute atomic E-state index is 10.1. The van der Waals surface area contributed by atoms with E-state index >= 15 is 0 Å². The summed E-state index contributed by atoms with van der Waals surface area (Å²) in [6, 6.07) is 0. The van der Waals surface area contributed by atoms with E-state index in [1.54, 1.807) is 0 Å². The lowest BCUT2D eigenvalue weighted by Crippen LogP contribution is -1.94. The van der Waals surface area contributed by atoms with Crippen LogP contribution in [-0.4, -0.2) is 5.52 Å². The zero-order valence-corrected chi connectivity index (χ0v) is 5.22. The van der Waals surface area contributed by atoms with Crippen LogP contribution in [0.3, 0.4) is 0 Å². The average Bonchev–Trinajstić information content (AvgIpc) is 1.36. The molecule has 0 amide bonds. The number of carbonyl (C=O) groups is 1. The van der Waals surface area contributed by atoms with E-state index in [9.17, 15) is 4.79 Å². The van der Waals surface area contributed by atoms with Crippen LogP contribution in [0.15, 0.2) is 0 Å². The number of hydrogen-bond acceptors (Lipinski definition) is 1. The molecule has 0 fully saturated rings. The zero-order valence-electron chi connectivity index (χ0n) is 4.06. The van der Waals surface area contributed by atoms with Crippen LogP contribution in [0.5, 0.6) is 0 Å². The Morgan fingerprint density at radius 3 is 1.83 bits per heavy atom. The van der Waals surface area contributed by atoms with Crippen molar-refractivity contribution < 1.29 is 4.79 Å². The molecule has 6 heavy (non-hydrogen) atoms. The molecule has 0 aliphatic heterocycles. The maximum Gasteiger partial charge on any atom is 0.150 e. The molecule has 0 saturated carbocycles. The number of rotatable bonds is 1. The molecule has 1 nitrogen and oxygen atoms in total. The monoisotopic (exact) mass is 104 g/mol. The molecule has 0 bridgehead atoms. The van der Waals surface area contributed by atoms with Gasteiger partial charge < -0.3 is 0 Å². The Bertz CT molecular complexity index is 58.6. The molecule has 0 radical (unpaired) electrons. The highest BCUT2D eigenvalue weighted by molar-refractivity contribution is 7.40. The molecule has 0 saturated heterocycles. The Kier molecular flexibility index (Phi) is 2.34. The SMILES string of the molecule is CC(C)C(=O)P. The van der Waals surface area contributed by atoms with Crippen LogP contribution in [0, 0.1) is 5.92 Å². The van der Waals surface area contributed by atoms with Gasteiger partial charge in [-0.1, -0.05) is 23.1 Å². The van der Waals surface area contributed by atoms with E-state index in [1.165, 1.54) is 0 Å². The zero-order chi connectivity index (χ0) is 5.15. The predicted octanol–water partition coefficient (Wildman–Crippen LogP) is 1.04. The highest BCUT2D eigenvalue weighted by Gasteiger charge is 1.95. The minimum atomic E-state index is 0.176. The first-order valence-corrected chi connectivity index (χ1v) is 2.51. The van der Waals surface area contributed by atoms with Gasteiger partial charge in [0.2, 0.25) is 0 Å². The Balaban J connectivity index is 3.26. The molecule has 0 aliphatic carbocycles. The van der Waals surface area contributed by atoms with Gasteiger partial charge >= 0.3 is 0 Å². The largest absolute Gasteiger partial charge is 0.295 e. The van der Waals surface area contributed by atoms with Crippen molar-refractivity contribution in [3.8, 4) is 0 Å². The second-order valence-corrected chi connectivity index (χ2v) is 2.13. The first kappa shape index (κ1) is 6.10. The predicted molar refractivity (Wildman–Crippen MR) is 29.6 cm³/mol. The average molecular weight is 104 g/mol. The first-order chi connectivity index (χ1) is 2.64. The highest BCUT2D eigenvalue weighted by Crippen LogP contribution is 1.98. The van der Waals surface area contributed by atoms with Gasteiger partial charge in [-0.3, -0.25) is 4.79 Å². The summed E-state index contributed by atoms with van der Waals surface area (Å²) < 4.78 is 0. The second-order valence-electron chi connectivity index (χ2n) is 1.56. The fourth-order valence-corrected chi connectivity index (χ4v) is 0. The lowest BCUT2D eigenvalue weighted by Gasteiger charge is -1.90. The van der Waals surface area contributed by atoms with Crippen LogP contribution in [-0.2, 0) is 4.79 Å². The van der Waals surface area contributed by atoms with Crippen molar-refractivity contribution in [3.63, 3.8) is 0 Å². The number of hydrogen-bond donors (Lipinski definition) is 0. The minimum absolute atomic E-state index is 0.176. The van der Waals surface area contributed by atoms with E-state index in [1.807, 2.05) is 13.8 Å². The Morgan fingerprint density at radius 2 is 1.83 bits per heavy atom. The normalized spacial score (nSPS) is 9.33. The summed E-state index contributed by atoms with van der Waals surface area (Å²) in [6.45, 7) is 3.74. The Morgan fingerprint density at radius 1 is 1.67 bits per heavy atom. The smallest absolute Gasteiger partial charge is 0.150 e. The molecule has 2 heteroatoms. The third-order valence-corrected chi connectivity index (χ3v) is 1.24. The third kappa shape index (κ3) is 2.34. The first-order valence-electron chi connectivity index (χ1n) is 1.94. The van der Waals surface area contributed by atoms with Crippen molar-refractivity contribution in [1.82, 2.24) is 0 Å². The molecule has 0 spiro atoms. The van der Waals surface area contributed by atoms with Crippen molar-refractivity contribution in [2.24, 2.45) is 5.92 Å². The van der Waals surface area contributed by atoms with Gasteiger partial charge in [0.15, 0.2) is 5.52 Å². The van der Waals surface area contributed by atoms with Crippen LogP contribution in [0.2, 0.25) is 0 Å². The van der Waals surface area contributed by atoms with Gasteiger partial charge in [0.1, 0.15) is 0 Å². The molecule has 0 N–H and O–H groups in total. The lowest BCUT2D eigenvalue weighted by molar-refractivity contribution is -0.113. The van der Waals surface area contributed by atoms with Crippen molar-refractivity contribution >= 4 is 14.8 Å². The third-order valence-electron chi connectivity index (χ3n) is 0.569. The molecular formula is C4H9OP. The summed E-state index contributed by atoms with van der Waals surface area (Å²) >= 11 is 0. The summed E-state index contributed by atoms with van der Waals surface area (Å²) in [5, 5.41) is 0. The molecule has 1 atom stereocenters.